The molecular formula is C15H13Cl2FN2O. The van der Waals surface area contributed by atoms with Gasteiger partial charge in [-0.3, -0.25) is 4.79 Å². The van der Waals surface area contributed by atoms with Crippen LogP contribution < -0.4 is 10.6 Å². The van der Waals surface area contributed by atoms with Crippen molar-refractivity contribution in [3.8, 4) is 0 Å². The molecule has 3 nitrogen and oxygen atoms in total. The molecule has 21 heavy (non-hydrogen) atoms. The van der Waals surface area contributed by atoms with Crippen molar-refractivity contribution in [1.82, 2.24) is 0 Å². The number of carbonyl (C=O) groups is 1. The largest absolute Gasteiger partial charge is 0.383 e. The van der Waals surface area contributed by atoms with Crippen LogP contribution in [0.15, 0.2) is 42.5 Å². The Morgan fingerprint density at radius 2 is 1.81 bits per heavy atom. The molecule has 6 heteroatoms. The number of hydrogen-bond donors (Lipinski definition) is 2. The van der Waals surface area contributed by atoms with Gasteiger partial charge in [-0.1, -0.05) is 29.3 Å². The maximum atomic E-state index is 12.7. The van der Waals surface area contributed by atoms with Crippen molar-refractivity contribution in [1.29, 1.82) is 0 Å². The fraction of sp³-hybridized carbons (Fsp3) is 0.133. The number of amides is 1. The number of rotatable bonds is 5. The molecule has 0 heterocycles. The number of halogens is 3. The van der Waals surface area contributed by atoms with Gasteiger partial charge in [0.25, 0.3) is 0 Å². The van der Waals surface area contributed by atoms with Gasteiger partial charge in [0.15, 0.2) is 0 Å². The maximum absolute atomic E-state index is 12.7. The van der Waals surface area contributed by atoms with E-state index in [1.54, 1.807) is 18.2 Å². The summed E-state index contributed by atoms with van der Waals surface area (Å²) in [5, 5.41) is 6.60. The SMILES string of the molecule is O=C(CCNc1cccc(Cl)c1Cl)Nc1ccc(F)cc1. The highest BCUT2D eigenvalue weighted by Crippen LogP contribution is 2.29. The first kappa shape index (κ1) is 15.6. The summed E-state index contributed by atoms with van der Waals surface area (Å²) in [7, 11) is 0. The predicted molar refractivity (Wildman–Crippen MR) is 84.6 cm³/mol. The van der Waals surface area contributed by atoms with E-state index in [0.717, 1.165) is 0 Å². The van der Waals surface area contributed by atoms with Crippen molar-refractivity contribution < 1.29 is 9.18 Å². The maximum Gasteiger partial charge on any atom is 0.226 e. The minimum atomic E-state index is -0.342. The summed E-state index contributed by atoms with van der Waals surface area (Å²) in [6, 6.07) is 10.8. The standard InChI is InChI=1S/C15H13Cl2FN2O/c16-12-2-1-3-13(15(12)17)19-9-8-14(21)20-11-6-4-10(18)5-7-11/h1-7,19H,8-9H2,(H,20,21). The van der Waals surface area contributed by atoms with Gasteiger partial charge in [-0.25, -0.2) is 4.39 Å². The lowest BCUT2D eigenvalue weighted by molar-refractivity contribution is -0.115. The zero-order valence-corrected chi connectivity index (χ0v) is 12.5. The molecule has 0 spiro atoms. The number of nitrogens with one attached hydrogen (secondary N) is 2. The van der Waals surface area contributed by atoms with Gasteiger partial charge in [0.05, 0.1) is 15.7 Å². The van der Waals surface area contributed by atoms with Crippen molar-refractivity contribution in [3.05, 3.63) is 58.3 Å². The topological polar surface area (TPSA) is 41.1 Å². The molecule has 0 aliphatic rings. The van der Waals surface area contributed by atoms with Crippen LogP contribution in [0.5, 0.6) is 0 Å². The van der Waals surface area contributed by atoms with Crippen molar-refractivity contribution in [2.45, 2.75) is 6.42 Å². The van der Waals surface area contributed by atoms with Crippen LogP contribution in [-0.4, -0.2) is 12.5 Å². The van der Waals surface area contributed by atoms with Gasteiger partial charge in [-0.05, 0) is 36.4 Å². The summed E-state index contributed by atoms with van der Waals surface area (Å²) >= 11 is 11.9. The highest BCUT2D eigenvalue weighted by Gasteiger charge is 2.06. The summed E-state index contributed by atoms with van der Waals surface area (Å²) in [4.78, 5) is 11.7. The smallest absolute Gasteiger partial charge is 0.226 e. The van der Waals surface area contributed by atoms with Crippen molar-refractivity contribution >= 4 is 40.5 Å². The third-order valence-electron chi connectivity index (χ3n) is 2.75. The zero-order valence-electron chi connectivity index (χ0n) is 11.0. The minimum Gasteiger partial charge on any atom is -0.383 e. The molecule has 2 aromatic carbocycles. The van der Waals surface area contributed by atoms with Crippen molar-refractivity contribution in [2.75, 3.05) is 17.2 Å². The number of hydrogen-bond acceptors (Lipinski definition) is 2. The van der Waals surface area contributed by atoms with E-state index < -0.39 is 0 Å². The Kier molecular flexibility index (Phi) is 5.42. The zero-order chi connectivity index (χ0) is 15.2. The third-order valence-corrected chi connectivity index (χ3v) is 3.57. The summed E-state index contributed by atoms with van der Waals surface area (Å²) in [6.45, 7) is 0.410. The van der Waals surface area contributed by atoms with Crippen molar-refractivity contribution in [2.24, 2.45) is 0 Å². The average Bonchev–Trinajstić information content (AvgIpc) is 2.46. The molecule has 1 amide bonds. The molecule has 0 aromatic heterocycles. The third kappa shape index (κ3) is 4.62. The second-order valence-electron chi connectivity index (χ2n) is 4.33. The van der Waals surface area contributed by atoms with E-state index in [1.807, 2.05) is 0 Å². The Labute approximate surface area is 132 Å². The molecule has 0 fully saturated rings. The molecule has 0 bridgehead atoms. The van der Waals surface area contributed by atoms with E-state index >= 15 is 0 Å². The molecular weight excluding hydrogens is 314 g/mol. The Morgan fingerprint density at radius 1 is 1.10 bits per heavy atom. The molecule has 0 atom stereocenters. The first-order chi connectivity index (χ1) is 10.1. The predicted octanol–water partition coefficient (Wildman–Crippen LogP) is 4.57. The van der Waals surface area contributed by atoms with E-state index in [1.165, 1.54) is 24.3 Å². The lowest BCUT2D eigenvalue weighted by Crippen LogP contribution is -2.16. The van der Waals surface area contributed by atoms with Crippen LogP contribution >= 0.6 is 23.2 Å². The quantitative estimate of drug-likeness (QED) is 0.844. The first-order valence-corrected chi connectivity index (χ1v) is 7.05. The average molecular weight is 327 g/mol. The molecule has 2 N–H and O–H groups in total. The molecule has 0 aliphatic carbocycles. The van der Waals surface area contributed by atoms with Crippen LogP contribution in [0.3, 0.4) is 0 Å². The van der Waals surface area contributed by atoms with Gasteiger partial charge in [0.1, 0.15) is 5.82 Å². The number of anilines is 2. The Bertz CT molecular complexity index is 632. The second-order valence-corrected chi connectivity index (χ2v) is 5.12. The Balaban J connectivity index is 1.81. The van der Waals surface area contributed by atoms with Crippen LogP contribution in [0.4, 0.5) is 15.8 Å². The van der Waals surface area contributed by atoms with E-state index in [0.29, 0.717) is 28.0 Å². The van der Waals surface area contributed by atoms with Gasteiger partial charge < -0.3 is 10.6 Å². The van der Waals surface area contributed by atoms with E-state index in [9.17, 15) is 9.18 Å². The molecule has 110 valence electrons. The van der Waals surface area contributed by atoms with Gasteiger partial charge in [-0.2, -0.15) is 0 Å². The lowest BCUT2D eigenvalue weighted by atomic mass is 10.3. The van der Waals surface area contributed by atoms with Gasteiger partial charge in [0.2, 0.25) is 5.91 Å². The molecule has 0 saturated heterocycles. The number of carbonyl (C=O) groups excluding carboxylic acids is 1. The highest BCUT2D eigenvalue weighted by molar-refractivity contribution is 6.43. The van der Waals surface area contributed by atoms with E-state index in [4.69, 9.17) is 23.2 Å². The summed E-state index contributed by atoms with van der Waals surface area (Å²) in [6.07, 6.45) is 0.250. The van der Waals surface area contributed by atoms with Gasteiger partial charge >= 0.3 is 0 Å². The monoisotopic (exact) mass is 326 g/mol. The van der Waals surface area contributed by atoms with E-state index in [2.05, 4.69) is 10.6 Å². The van der Waals surface area contributed by atoms with Gasteiger partial charge in [-0.15, -0.1) is 0 Å². The Hall–Kier alpha value is -1.78. The second kappa shape index (κ2) is 7.29. The normalized spacial score (nSPS) is 10.2. The Morgan fingerprint density at radius 3 is 2.52 bits per heavy atom. The molecule has 0 aliphatic heterocycles. The van der Waals surface area contributed by atoms with Crippen molar-refractivity contribution in [3.63, 3.8) is 0 Å². The number of benzene rings is 2. The molecule has 2 rings (SSSR count). The van der Waals surface area contributed by atoms with E-state index in [-0.39, 0.29) is 18.1 Å². The molecule has 0 saturated carbocycles. The van der Waals surface area contributed by atoms with Crippen LogP contribution in [0.1, 0.15) is 6.42 Å². The fourth-order valence-corrected chi connectivity index (χ4v) is 2.08. The first-order valence-electron chi connectivity index (χ1n) is 6.29. The molecule has 0 unspecified atom stereocenters. The minimum absolute atomic E-state index is 0.174. The van der Waals surface area contributed by atoms with Gasteiger partial charge in [0, 0.05) is 18.7 Å². The molecule has 2 aromatic rings. The summed E-state index contributed by atoms with van der Waals surface area (Å²) in [5.74, 6) is -0.516. The van der Waals surface area contributed by atoms with Crippen LogP contribution in [0, 0.1) is 5.82 Å². The fourth-order valence-electron chi connectivity index (χ4n) is 1.71. The molecule has 0 radical (unpaired) electrons. The van der Waals surface area contributed by atoms with Crippen LogP contribution in [-0.2, 0) is 4.79 Å². The summed E-state index contributed by atoms with van der Waals surface area (Å²) < 4.78 is 12.7. The lowest BCUT2D eigenvalue weighted by Gasteiger charge is -2.09. The van der Waals surface area contributed by atoms with Crippen LogP contribution in [0.2, 0.25) is 10.0 Å². The highest BCUT2D eigenvalue weighted by atomic mass is 35.5. The summed E-state index contributed by atoms with van der Waals surface area (Å²) in [5.41, 5.74) is 1.24. The van der Waals surface area contributed by atoms with Crippen LogP contribution in [0.25, 0.3) is 0 Å².